The van der Waals surface area contributed by atoms with Gasteiger partial charge in [-0.1, -0.05) is 11.2 Å². The lowest BCUT2D eigenvalue weighted by atomic mass is 10.2. The summed E-state index contributed by atoms with van der Waals surface area (Å²) in [6.07, 6.45) is -4.43. The summed E-state index contributed by atoms with van der Waals surface area (Å²) < 4.78 is 46.1. The predicted molar refractivity (Wildman–Crippen MR) is 66.0 cm³/mol. The van der Waals surface area contributed by atoms with Crippen LogP contribution in [0, 0.1) is 0 Å². The van der Waals surface area contributed by atoms with E-state index in [9.17, 15) is 13.2 Å². The van der Waals surface area contributed by atoms with E-state index in [4.69, 9.17) is 15.0 Å². The van der Waals surface area contributed by atoms with E-state index in [1.54, 1.807) is 0 Å². The molecule has 9 heteroatoms. The Bertz CT molecular complexity index is 612. The second kappa shape index (κ2) is 4.92. The zero-order valence-electron chi connectivity index (χ0n) is 9.32. The van der Waals surface area contributed by atoms with Gasteiger partial charge in [-0.2, -0.15) is 13.2 Å². The van der Waals surface area contributed by atoms with E-state index in [2.05, 4.69) is 22.7 Å². The standard InChI is InChI=1S/C10H8F3N3O2S/c11-10(12,13)4-17-5-2-1-3-6-7(5)8(16-18-6)15-9(14)19/h1-3H,4H2,(H3,14,15,16,19). The summed E-state index contributed by atoms with van der Waals surface area (Å²) in [6.45, 7) is -1.41. The van der Waals surface area contributed by atoms with E-state index >= 15 is 0 Å². The number of thiocarbonyl (C=S) groups is 1. The highest BCUT2D eigenvalue weighted by molar-refractivity contribution is 7.80. The van der Waals surface area contributed by atoms with Crippen LogP contribution in [0.4, 0.5) is 19.0 Å². The molecule has 5 nitrogen and oxygen atoms in total. The molecule has 0 radical (unpaired) electrons. The Balaban J connectivity index is 2.37. The maximum atomic E-state index is 12.2. The number of aromatic nitrogens is 1. The SMILES string of the molecule is NC(=S)Nc1noc2cccc(OCC(F)(F)F)c12. The van der Waals surface area contributed by atoms with Gasteiger partial charge in [-0.15, -0.1) is 0 Å². The van der Waals surface area contributed by atoms with E-state index in [1.807, 2.05) is 0 Å². The third-order valence-electron chi connectivity index (χ3n) is 2.09. The van der Waals surface area contributed by atoms with Gasteiger partial charge >= 0.3 is 6.18 Å². The van der Waals surface area contributed by atoms with Gasteiger partial charge in [0.25, 0.3) is 0 Å². The van der Waals surface area contributed by atoms with Crippen LogP contribution >= 0.6 is 12.2 Å². The maximum Gasteiger partial charge on any atom is 0.422 e. The lowest BCUT2D eigenvalue weighted by Gasteiger charge is -2.10. The molecule has 1 heterocycles. The molecule has 0 aliphatic rings. The minimum absolute atomic E-state index is 0.0187. The van der Waals surface area contributed by atoms with Crippen molar-refractivity contribution in [3.63, 3.8) is 0 Å². The number of rotatable bonds is 3. The first-order chi connectivity index (χ1) is 8.87. The average molecular weight is 291 g/mol. The minimum Gasteiger partial charge on any atom is -0.483 e. The normalized spacial score (nSPS) is 11.5. The average Bonchev–Trinajstić information content (AvgIpc) is 2.69. The number of alkyl halides is 3. The van der Waals surface area contributed by atoms with Gasteiger partial charge in [-0.3, -0.25) is 0 Å². The highest BCUT2D eigenvalue weighted by Gasteiger charge is 2.29. The summed E-state index contributed by atoms with van der Waals surface area (Å²) >= 11 is 4.64. The van der Waals surface area contributed by atoms with E-state index in [0.29, 0.717) is 0 Å². The molecule has 0 amide bonds. The van der Waals surface area contributed by atoms with Crippen molar-refractivity contribution >= 4 is 34.1 Å². The molecular formula is C10H8F3N3O2S. The Kier molecular flexibility index (Phi) is 3.47. The van der Waals surface area contributed by atoms with E-state index in [1.165, 1.54) is 18.2 Å². The molecule has 0 fully saturated rings. The highest BCUT2D eigenvalue weighted by atomic mass is 32.1. The Labute approximate surface area is 110 Å². The van der Waals surface area contributed by atoms with Crippen molar-refractivity contribution in [1.29, 1.82) is 0 Å². The quantitative estimate of drug-likeness (QED) is 0.846. The third kappa shape index (κ3) is 3.25. The van der Waals surface area contributed by atoms with Gasteiger partial charge in [0.15, 0.2) is 23.1 Å². The molecule has 0 unspecified atom stereocenters. The van der Waals surface area contributed by atoms with Crippen molar-refractivity contribution in [2.45, 2.75) is 6.18 Å². The molecule has 0 saturated carbocycles. The number of hydrogen-bond donors (Lipinski definition) is 2. The molecule has 2 rings (SSSR count). The van der Waals surface area contributed by atoms with Crippen molar-refractivity contribution in [3.05, 3.63) is 18.2 Å². The zero-order valence-corrected chi connectivity index (χ0v) is 10.1. The minimum atomic E-state index is -4.43. The first kappa shape index (κ1) is 13.4. The van der Waals surface area contributed by atoms with Gasteiger partial charge in [0.2, 0.25) is 0 Å². The first-order valence-electron chi connectivity index (χ1n) is 5.01. The molecule has 19 heavy (non-hydrogen) atoms. The molecule has 1 aromatic carbocycles. The zero-order chi connectivity index (χ0) is 14.0. The summed E-state index contributed by atoms with van der Waals surface area (Å²) in [5.41, 5.74) is 5.55. The Morgan fingerprint density at radius 1 is 1.47 bits per heavy atom. The molecule has 3 N–H and O–H groups in total. The molecule has 0 bridgehead atoms. The van der Waals surface area contributed by atoms with Gasteiger partial charge in [0.05, 0.1) is 0 Å². The molecule has 102 valence electrons. The van der Waals surface area contributed by atoms with Crippen molar-refractivity contribution in [2.24, 2.45) is 5.73 Å². The van der Waals surface area contributed by atoms with Gasteiger partial charge in [-0.05, 0) is 24.4 Å². The second-order valence-corrected chi connectivity index (χ2v) is 3.99. The molecule has 0 saturated heterocycles. The number of fused-ring (bicyclic) bond motifs is 1. The fourth-order valence-electron chi connectivity index (χ4n) is 1.44. The molecule has 0 spiro atoms. The number of ether oxygens (including phenoxy) is 1. The van der Waals surface area contributed by atoms with Crippen molar-refractivity contribution < 1.29 is 22.4 Å². The first-order valence-corrected chi connectivity index (χ1v) is 5.42. The number of hydrogen-bond acceptors (Lipinski definition) is 4. The maximum absolute atomic E-state index is 12.2. The number of nitrogens with two attached hydrogens (primary N) is 1. The van der Waals surface area contributed by atoms with Crippen LogP contribution < -0.4 is 15.8 Å². The molecule has 0 aliphatic heterocycles. The smallest absolute Gasteiger partial charge is 0.422 e. The molecule has 1 aromatic heterocycles. The van der Waals surface area contributed by atoms with E-state index < -0.39 is 12.8 Å². The van der Waals surface area contributed by atoms with Gasteiger partial charge in [-0.25, -0.2) is 0 Å². The van der Waals surface area contributed by atoms with Crippen LogP contribution in [0.25, 0.3) is 11.0 Å². The van der Waals surface area contributed by atoms with E-state index in [-0.39, 0.29) is 27.6 Å². The number of nitrogens with zero attached hydrogens (tertiary/aromatic N) is 1. The van der Waals surface area contributed by atoms with Crippen LogP contribution in [0.5, 0.6) is 5.75 Å². The number of nitrogens with one attached hydrogen (secondary N) is 1. The summed E-state index contributed by atoms with van der Waals surface area (Å²) in [6, 6.07) is 4.40. The fourth-order valence-corrected chi connectivity index (χ4v) is 1.54. The van der Waals surface area contributed by atoms with Crippen molar-refractivity contribution in [3.8, 4) is 5.75 Å². The summed E-state index contributed by atoms with van der Waals surface area (Å²) in [7, 11) is 0. The van der Waals surface area contributed by atoms with Gasteiger partial charge < -0.3 is 20.3 Å². The second-order valence-electron chi connectivity index (χ2n) is 3.55. The molecule has 0 atom stereocenters. The lowest BCUT2D eigenvalue weighted by molar-refractivity contribution is -0.153. The van der Waals surface area contributed by atoms with Crippen molar-refractivity contribution in [2.75, 3.05) is 11.9 Å². The number of anilines is 1. The highest BCUT2D eigenvalue weighted by Crippen LogP contribution is 2.33. The van der Waals surface area contributed by atoms with Gasteiger partial charge in [0.1, 0.15) is 11.1 Å². The van der Waals surface area contributed by atoms with Crippen LogP contribution in [-0.2, 0) is 0 Å². The Morgan fingerprint density at radius 3 is 2.84 bits per heavy atom. The van der Waals surface area contributed by atoms with Crippen LogP contribution in [0.1, 0.15) is 0 Å². The Morgan fingerprint density at radius 2 is 2.21 bits per heavy atom. The number of halogens is 3. The lowest BCUT2D eigenvalue weighted by Crippen LogP contribution is -2.20. The number of benzene rings is 1. The largest absolute Gasteiger partial charge is 0.483 e. The Hall–Kier alpha value is -2.03. The summed E-state index contributed by atoms with van der Waals surface area (Å²) in [5, 5.41) is 6.30. The third-order valence-corrected chi connectivity index (χ3v) is 2.20. The predicted octanol–water partition coefficient (Wildman–Crippen LogP) is 2.42. The topological polar surface area (TPSA) is 73.3 Å². The van der Waals surface area contributed by atoms with Gasteiger partial charge in [0, 0.05) is 0 Å². The van der Waals surface area contributed by atoms with E-state index in [0.717, 1.165) is 0 Å². The molecule has 0 aliphatic carbocycles. The van der Waals surface area contributed by atoms with Crippen LogP contribution in [-0.4, -0.2) is 23.1 Å². The summed E-state index contributed by atoms with van der Waals surface area (Å²) in [5.74, 6) is 0.0927. The van der Waals surface area contributed by atoms with Crippen LogP contribution in [0.15, 0.2) is 22.7 Å². The molecular weight excluding hydrogens is 283 g/mol. The summed E-state index contributed by atoms with van der Waals surface area (Å²) in [4.78, 5) is 0. The molecule has 2 aromatic rings. The van der Waals surface area contributed by atoms with Crippen LogP contribution in [0.3, 0.4) is 0 Å². The fraction of sp³-hybridized carbons (Fsp3) is 0.200. The monoisotopic (exact) mass is 291 g/mol. The van der Waals surface area contributed by atoms with Crippen LogP contribution in [0.2, 0.25) is 0 Å². The van der Waals surface area contributed by atoms with Crippen molar-refractivity contribution in [1.82, 2.24) is 5.16 Å².